The van der Waals surface area contributed by atoms with Crippen LogP contribution < -0.4 is 0 Å². The molecule has 1 aliphatic rings. The van der Waals surface area contributed by atoms with Crippen molar-refractivity contribution < 1.29 is 22.9 Å². The number of nitrogens with zero attached hydrogens (tertiary/aromatic N) is 2. The van der Waals surface area contributed by atoms with Crippen molar-refractivity contribution in [3.05, 3.63) is 28.2 Å². The number of rotatable bonds is 1. The Kier molecular flexibility index (Phi) is 2.68. The Balaban J connectivity index is 3.35. The maximum atomic E-state index is 10.8. The standard InChI is InChI=1S/C7H8N2O4S/c1-4-2-6(10)5(9-8)3-7(4)14(11,12)13/h2-3,6,10H,1H3,(H,11,12,13). The third-order valence-corrected chi connectivity index (χ3v) is 2.77. The van der Waals surface area contributed by atoms with E-state index in [0.29, 0.717) is 0 Å². The molecule has 0 aliphatic heterocycles. The third kappa shape index (κ3) is 1.97. The quantitative estimate of drug-likeness (QED) is 0.357. The van der Waals surface area contributed by atoms with Crippen LogP contribution in [0.4, 0.5) is 0 Å². The average molecular weight is 216 g/mol. The number of hydrogen-bond donors (Lipinski definition) is 2. The zero-order chi connectivity index (χ0) is 10.9. The minimum Gasteiger partial charge on any atom is -0.377 e. The summed E-state index contributed by atoms with van der Waals surface area (Å²) in [7, 11) is -4.35. The molecule has 7 heteroatoms. The minimum atomic E-state index is -4.35. The smallest absolute Gasteiger partial charge is 0.325 e. The van der Waals surface area contributed by atoms with E-state index in [0.717, 1.165) is 12.2 Å². The van der Waals surface area contributed by atoms with Crippen LogP contribution >= 0.6 is 0 Å². The molecule has 1 rings (SSSR count). The van der Waals surface area contributed by atoms with Crippen molar-refractivity contribution in [2.75, 3.05) is 0 Å². The Labute approximate surface area is 80.5 Å². The molecule has 0 aromatic carbocycles. The Hall–Kier alpha value is -1.27. The molecule has 0 saturated carbocycles. The predicted octanol–water partition coefficient (Wildman–Crippen LogP) is -0.250. The SMILES string of the molecule is CC1=CC(O)C(=[N+]=[N-])C=C1S(=O)(=O)O. The Morgan fingerprint density at radius 2 is 2.14 bits per heavy atom. The molecule has 0 aromatic heterocycles. The van der Waals surface area contributed by atoms with Crippen LogP contribution in [0.2, 0.25) is 0 Å². The van der Waals surface area contributed by atoms with E-state index in [1.54, 1.807) is 0 Å². The summed E-state index contributed by atoms with van der Waals surface area (Å²) in [5.74, 6) is 0. The first-order valence-corrected chi connectivity index (χ1v) is 5.08. The molecule has 0 fully saturated rings. The lowest BCUT2D eigenvalue weighted by atomic mass is 10.0. The summed E-state index contributed by atoms with van der Waals surface area (Å²) < 4.78 is 30.3. The van der Waals surface area contributed by atoms with Gasteiger partial charge in [-0.2, -0.15) is 13.2 Å². The van der Waals surface area contributed by atoms with Crippen LogP contribution in [0.25, 0.3) is 5.53 Å². The lowest BCUT2D eigenvalue weighted by Gasteiger charge is -2.10. The molecule has 14 heavy (non-hydrogen) atoms. The minimum absolute atomic E-state index is 0.201. The summed E-state index contributed by atoms with van der Waals surface area (Å²) >= 11 is 0. The molecule has 0 amide bonds. The predicted molar refractivity (Wildman–Crippen MR) is 48.0 cm³/mol. The van der Waals surface area contributed by atoms with Gasteiger partial charge in [0.2, 0.25) is 0 Å². The van der Waals surface area contributed by atoms with Crippen LogP contribution in [0.3, 0.4) is 0 Å². The Bertz CT molecular complexity index is 468. The van der Waals surface area contributed by atoms with Gasteiger partial charge in [-0.25, -0.2) is 0 Å². The average Bonchev–Trinajstić information content (AvgIpc) is 2.02. The van der Waals surface area contributed by atoms with Crippen LogP contribution in [0.1, 0.15) is 6.92 Å². The first-order chi connectivity index (χ1) is 6.36. The van der Waals surface area contributed by atoms with Gasteiger partial charge in [-0.15, -0.1) is 0 Å². The van der Waals surface area contributed by atoms with Crippen LogP contribution in [0, 0.1) is 0 Å². The van der Waals surface area contributed by atoms with Gasteiger partial charge in [0.1, 0.15) is 4.91 Å². The van der Waals surface area contributed by atoms with Gasteiger partial charge in [0.05, 0.1) is 0 Å². The molecular formula is C7H8N2O4S. The van der Waals surface area contributed by atoms with Crippen molar-refractivity contribution in [3.63, 3.8) is 0 Å². The summed E-state index contributed by atoms with van der Waals surface area (Å²) in [5, 5.41) is 9.23. The van der Waals surface area contributed by atoms with Crippen LogP contribution in [-0.4, -0.2) is 34.7 Å². The molecule has 76 valence electrons. The second-order valence-corrected chi connectivity index (χ2v) is 4.19. The molecule has 0 saturated heterocycles. The molecule has 1 unspecified atom stereocenters. The van der Waals surface area contributed by atoms with Crippen molar-refractivity contribution in [3.8, 4) is 0 Å². The second-order valence-electron chi connectivity index (χ2n) is 2.80. The van der Waals surface area contributed by atoms with E-state index in [-0.39, 0.29) is 16.2 Å². The highest BCUT2D eigenvalue weighted by molar-refractivity contribution is 7.90. The van der Waals surface area contributed by atoms with Crippen LogP contribution in [0.5, 0.6) is 0 Å². The van der Waals surface area contributed by atoms with E-state index in [9.17, 15) is 13.5 Å². The molecular weight excluding hydrogens is 208 g/mol. The van der Waals surface area contributed by atoms with E-state index in [1.807, 2.05) is 0 Å². The number of allylic oxidation sites excluding steroid dienone is 1. The van der Waals surface area contributed by atoms with E-state index in [2.05, 4.69) is 4.79 Å². The first-order valence-electron chi connectivity index (χ1n) is 3.64. The van der Waals surface area contributed by atoms with Gasteiger partial charge >= 0.3 is 5.71 Å². The molecule has 0 spiro atoms. The van der Waals surface area contributed by atoms with E-state index in [4.69, 9.17) is 10.1 Å². The zero-order valence-corrected chi connectivity index (χ0v) is 8.06. The molecule has 1 atom stereocenters. The summed E-state index contributed by atoms with van der Waals surface area (Å²) in [4.78, 5) is 2.32. The largest absolute Gasteiger partial charge is 0.377 e. The molecule has 0 radical (unpaired) electrons. The second kappa shape index (κ2) is 3.47. The molecule has 2 N–H and O–H groups in total. The topological polar surface area (TPSA) is 111 Å². The fourth-order valence-corrected chi connectivity index (χ4v) is 1.85. The van der Waals surface area contributed by atoms with Gasteiger partial charge in [0.15, 0.2) is 6.10 Å². The molecule has 6 nitrogen and oxygen atoms in total. The van der Waals surface area contributed by atoms with Crippen molar-refractivity contribution in [2.45, 2.75) is 13.0 Å². The monoisotopic (exact) mass is 216 g/mol. The highest BCUT2D eigenvalue weighted by Gasteiger charge is 2.28. The highest BCUT2D eigenvalue weighted by Crippen LogP contribution is 2.20. The summed E-state index contributed by atoms with van der Waals surface area (Å²) in [5.41, 5.74) is 8.38. The summed E-state index contributed by atoms with van der Waals surface area (Å²) in [6.45, 7) is 1.41. The normalized spacial score (nSPS) is 22.5. The molecule has 1 aliphatic carbocycles. The van der Waals surface area contributed by atoms with E-state index < -0.39 is 16.2 Å². The van der Waals surface area contributed by atoms with E-state index >= 15 is 0 Å². The zero-order valence-electron chi connectivity index (χ0n) is 7.25. The lowest BCUT2D eigenvalue weighted by molar-refractivity contribution is -0.0152. The van der Waals surface area contributed by atoms with Crippen LogP contribution in [-0.2, 0) is 10.1 Å². The first kappa shape index (κ1) is 10.8. The molecule has 0 aromatic rings. The maximum Gasteiger partial charge on any atom is 0.325 e. The van der Waals surface area contributed by atoms with Crippen molar-refractivity contribution in [1.82, 2.24) is 0 Å². The summed E-state index contributed by atoms with van der Waals surface area (Å²) in [6.07, 6.45) is 0.915. The van der Waals surface area contributed by atoms with E-state index in [1.165, 1.54) is 6.92 Å². The van der Waals surface area contributed by atoms with Gasteiger partial charge < -0.3 is 10.6 Å². The fourth-order valence-electron chi connectivity index (χ4n) is 1.10. The fraction of sp³-hybridized carbons (Fsp3) is 0.286. The number of hydrogen-bond acceptors (Lipinski definition) is 3. The van der Waals surface area contributed by atoms with Crippen molar-refractivity contribution in [2.24, 2.45) is 0 Å². The van der Waals surface area contributed by atoms with Crippen molar-refractivity contribution in [1.29, 1.82) is 0 Å². The van der Waals surface area contributed by atoms with Gasteiger partial charge in [-0.05, 0) is 18.6 Å². The molecule has 0 heterocycles. The Morgan fingerprint density at radius 3 is 2.57 bits per heavy atom. The maximum absolute atomic E-state index is 10.8. The van der Waals surface area contributed by atoms with Crippen molar-refractivity contribution >= 4 is 15.8 Å². The number of aliphatic hydroxyl groups excluding tert-OH is 1. The van der Waals surface area contributed by atoms with Gasteiger partial charge in [-0.1, -0.05) is 0 Å². The third-order valence-electron chi connectivity index (χ3n) is 1.77. The highest BCUT2D eigenvalue weighted by atomic mass is 32.2. The summed E-state index contributed by atoms with van der Waals surface area (Å²) in [6, 6.07) is 0. The lowest BCUT2D eigenvalue weighted by Crippen LogP contribution is -2.23. The van der Waals surface area contributed by atoms with Gasteiger partial charge in [-0.3, -0.25) is 4.55 Å². The molecule has 0 bridgehead atoms. The number of aliphatic hydroxyl groups is 1. The van der Waals surface area contributed by atoms with Crippen LogP contribution in [0.15, 0.2) is 22.6 Å². The Morgan fingerprint density at radius 1 is 1.57 bits per heavy atom. The van der Waals surface area contributed by atoms with Gasteiger partial charge in [0, 0.05) is 6.08 Å². The van der Waals surface area contributed by atoms with Gasteiger partial charge in [0.25, 0.3) is 10.1 Å².